The molecule has 4 aromatic rings. The van der Waals surface area contributed by atoms with Crippen LogP contribution in [0.25, 0.3) is 11.0 Å². The fraction of sp³-hybridized carbons (Fsp3) is 0.312. The second-order valence-electron chi connectivity index (χ2n) is 10.5. The molecule has 0 atom stereocenters. The van der Waals surface area contributed by atoms with Gasteiger partial charge in [-0.15, -0.1) is 0 Å². The smallest absolute Gasteiger partial charge is 0.414 e. The first kappa shape index (κ1) is 30.4. The third-order valence-electron chi connectivity index (χ3n) is 7.37. The average Bonchev–Trinajstić information content (AvgIpc) is 3.38. The molecule has 0 saturated carbocycles. The maximum absolute atomic E-state index is 12.7. The third kappa shape index (κ3) is 8.04. The van der Waals surface area contributed by atoms with E-state index in [2.05, 4.69) is 33.0 Å². The van der Waals surface area contributed by atoms with E-state index < -0.39 is 11.9 Å². The van der Waals surface area contributed by atoms with Gasteiger partial charge in [-0.3, -0.25) is 9.69 Å². The van der Waals surface area contributed by atoms with Gasteiger partial charge in [0.2, 0.25) is 5.91 Å². The summed E-state index contributed by atoms with van der Waals surface area (Å²) in [6.07, 6.45) is 2.06. The number of likely N-dealkylation sites (tertiary alicyclic amines) is 1. The molecule has 6 rings (SSSR count). The van der Waals surface area contributed by atoms with Crippen LogP contribution in [0.2, 0.25) is 0 Å². The number of carboxylic acids is 2. The summed E-state index contributed by atoms with van der Waals surface area (Å²) < 4.78 is 19.5. The molecule has 3 aromatic carbocycles. The van der Waals surface area contributed by atoms with Crippen LogP contribution in [-0.2, 0) is 27.5 Å². The summed E-state index contributed by atoms with van der Waals surface area (Å²) >= 11 is 0. The zero-order chi connectivity index (χ0) is 30.9. The van der Waals surface area contributed by atoms with Crippen LogP contribution in [0.4, 0.5) is 5.69 Å². The Hall–Kier alpha value is -5.10. The zero-order valence-electron chi connectivity index (χ0n) is 24.1. The lowest BCUT2D eigenvalue weighted by molar-refractivity contribution is -0.159. The number of rotatable bonds is 8. The fourth-order valence-electron chi connectivity index (χ4n) is 5.21. The highest BCUT2D eigenvalue weighted by atomic mass is 16.6. The van der Waals surface area contributed by atoms with Crippen molar-refractivity contribution in [2.24, 2.45) is 5.92 Å². The molecule has 1 aromatic heterocycles. The molecule has 3 N–H and O–H groups in total. The Kier molecular flexibility index (Phi) is 9.92. The van der Waals surface area contributed by atoms with Gasteiger partial charge in [0.15, 0.2) is 11.5 Å². The van der Waals surface area contributed by atoms with Gasteiger partial charge in [-0.25, -0.2) is 14.6 Å². The predicted octanol–water partition coefficient (Wildman–Crippen LogP) is 3.89. The number of amides is 1. The number of carbonyl (C=O) groups is 3. The topological polar surface area (TPSA) is 152 Å². The van der Waals surface area contributed by atoms with Crippen LogP contribution in [0.15, 0.2) is 72.8 Å². The van der Waals surface area contributed by atoms with E-state index in [1.807, 2.05) is 54.6 Å². The Balaban J connectivity index is 0.000000584. The molecule has 1 amide bonds. The van der Waals surface area contributed by atoms with E-state index in [1.165, 1.54) is 0 Å². The van der Waals surface area contributed by atoms with Crippen LogP contribution < -0.4 is 19.5 Å². The Morgan fingerprint density at radius 2 is 1.57 bits per heavy atom. The van der Waals surface area contributed by atoms with E-state index in [4.69, 9.17) is 39.0 Å². The van der Waals surface area contributed by atoms with Crippen LogP contribution in [0.3, 0.4) is 0 Å². The van der Waals surface area contributed by atoms with Crippen LogP contribution in [0.1, 0.15) is 18.7 Å². The highest BCUT2D eigenvalue weighted by Gasteiger charge is 2.23. The summed E-state index contributed by atoms with van der Waals surface area (Å²) in [7, 11) is 0. The van der Waals surface area contributed by atoms with Crippen molar-refractivity contribution >= 4 is 34.6 Å². The number of benzene rings is 3. The van der Waals surface area contributed by atoms with Gasteiger partial charge in [0.25, 0.3) is 0 Å². The van der Waals surface area contributed by atoms with Crippen LogP contribution in [0.5, 0.6) is 17.2 Å². The quantitative estimate of drug-likeness (QED) is 0.253. The molecule has 0 spiro atoms. The summed E-state index contributed by atoms with van der Waals surface area (Å²) in [5, 5.41) is 17.8. The lowest BCUT2D eigenvalue weighted by Crippen LogP contribution is -2.40. The molecule has 230 valence electrons. The van der Waals surface area contributed by atoms with Crippen molar-refractivity contribution in [1.82, 2.24) is 14.5 Å². The molecule has 0 aliphatic carbocycles. The molecule has 1 fully saturated rings. The summed E-state index contributed by atoms with van der Waals surface area (Å²) in [4.78, 5) is 38.0. The molecule has 0 radical (unpaired) electrons. The number of imidazole rings is 1. The van der Waals surface area contributed by atoms with Gasteiger partial charge in [0.05, 0.1) is 17.6 Å². The largest absolute Gasteiger partial charge is 0.486 e. The molecule has 0 unspecified atom stereocenters. The van der Waals surface area contributed by atoms with E-state index in [0.717, 1.165) is 66.5 Å². The van der Waals surface area contributed by atoms with Gasteiger partial charge < -0.3 is 34.3 Å². The second-order valence-corrected chi connectivity index (χ2v) is 10.5. The van der Waals surface area contributed by atoms with Crippen molar-refractivity contribution in [2.45, 2.75) is 26.0 Å². The van der Waals surface area contributed by atoms with E-state index in [1.54, 1.807) is 0 Å². The Bertz CT molecular complexity index is 1590. The number of anilines is 1. The highest BCUT2D eigenvalue weighted by Crippen LogP contribution is 2.32. The van der Waals surface area contributed by atoms with Crippen LogP contribution in [0, 0.1) is 5.92 Å². The molecule has 0 bridgehead atoms. The molecule has 12 heteroatoms. The number of carbonyl (C=O) groups excluding carboxylic acids is 1. The van der Waals surface area contributed by atoms with Crippen molar-refractivity contribution in [1.29, 1.82) is 0 Å². The van der Waals surface area contributed by atoms with Crippen molar-refractivity contribution in [3.05, 3.63) is 78.6 Å². The van der Waals surface area contributed by atoms with Crippen molar-refractivity contribution < 1.29 is 38.8 Å². The van der Waals surface area contributed by atoms with Gasteiger partial charge in [0, 0.05) is 18.3 Å². The zero-order valence-corrected chi connectivity index (χ0v) is 24.1. The molecule has 2 aliphatic rings. The van der Waals surface area contributed by atoms with Crippen LogP contribution in [-0.4, -0.2) is 75.4 Å². The maximum Gasteiger partial charge on any atom is 0.414 e. The first-order valence-corrected chi connectivity index (χ1v) is 14.4. The third-order valence-corrected chi connectivity index (χ3v) is 7.37. The lowest BCUT2D eigenvalue weighted by Gasteiger charge is -2.32. The molecule has 44 heavy (non-hydrogen) atoms. The summed E-state index contributed by atoms with van der Waals surface area (Å²) in [6.45, 7) is 4.56. The number of nitrogens with one attached hydrogen (secondary N) is 1. The highest BCUT2D eigenvalue weighted by molar-refractivity contribution is 6.27. The summed E-state index contributed by atoms with van der Waals surface area (Å²) in [6, 6.07) is 23.7. The maximum atomic E-state index is 12.7. The molecular weight excluding hydrogens is 568 g/mol. The molecule has 12 nitrogen and oxygen atoms in total. The van der Waals surface area contributed by atoms with E-state index >= 15 is 0 Å². The Morgan fingerprint density at radius 3 is 2.30 bits per heavy atom. The van der Waals surface area contributed by atoms with Gasteiger partial charge in [-0.05, 0) is 68.2 Å². The van der Waals surface area contributed by atoms with Gasteiger partial charge in [0.1, 0.15) is 31.4 Å². The first-order valence-electron chi connectivity index (χ1n) is 14.4. The van der Waals surface area contributed by atoms with E-state index in [9.17, 15) is 4.79 Å². The number of hydrogen-bond donors (Lipinski definition) is 3. The number of aromatic nitrogens is 2. The van der Waals surface area contributed by atoms with Crippen molar-refractivity contribution in [3.8, 4) is 17.2 Å². The Labute approximate surface area is 253 Å². The number of ether oxygens (including phenoxy) is 3. The summed E-state index contributed by atoms with van der Waals surface area (Å²) in [5.74, 6) is 0.0312. The second kappa shape index (κ2) is 14.4. The molecule has 3 heterocycles. The van der Waals surface area contributed by atoms with E-state index in [-0.39, 0.29) is 5.91 Å². The predicted molar refractivity (Wildman–Crippen MR) is 161 cm³/mol. The molecular formula is C32H34N4O8. The normalized spacial score (nSPS) is 14.7. The lowest BCUT2D eigenvalue weighted by atomic mass is 9.96. The summed E-state index contributed by atoms with van der Waals surface area (Å²) in [5.41, 5.74) is 2.86. The van der Waals surface area contributed by atoms with Gasteiger partial charge in [-0.1, -0.05) is 30.3 Å². The van der Waals surface area contributed by atoms with E-state index in [0.29, 0.717) is 38.0 Å². The first-order chi connectivity index (χ1) is 21.4. The number of hydrogen-bond acceptors (Lipinski definition) is 8. The van der Waals surface area contributed by atoms with Crippen LogP contribution >= 0.6 is 0 Å². The minimum Gasteiger partial charge on any atom is -0.486 e. The number of carboxylic acid groups (broad SMARTS) is 2. The van der Waals surface area contributed by atoms with Gasteiger partial charge >= 0.3 is 11.9 Å². The Morgan fingerprint density at radius 1 is 0.886 bits per heavy atom. The molecule has 1 saturated heterocycles. The standard InChI is InChI=1S/C30H32N4O4.C2H2O4/c35-30(31-23-10-11-27-28(18-23)37-17-16-36-27)20-33-14-12-22(13-15-33)19-34-26-9-5-4-8-25(26)32-29(34)21-38-24-6-2-1-3-7-24;3-1(4)2(5)6/h1-11,18,22H,12-17,19-21H2,(H,31,35);(H,3,4)(H,5,6). The average molecular weight is 603 g/mol. The van der Waals surface area contributed by atoms with Crippen molar-refractivity contribution in [3.63, 3.8) is 0 Å². The number of fused-ring (bicyclic) bond motifs is 2. The van der Waals surface area contributed by atoms with Gasteiger partial charge in [-0.2, -0.15) is 0 Å². The minimum absolute atomic E-state index is 0.0129. The van der Waals surface area contributed by atoms with Crippen molar-refractivity contribution in [2.75, 3.05) is 38.2 Å². The fourth-order valence-corrected chi connectivity index (χ4v) is 5.21. The number of aliphatic carboxylic acids is 2. The minimum atomic E-state index is -1.82. The number of piperidine rings is 1. The number of nitrogens with zero attached hydrogens (tertiary/aromatic N) is 3. The number of para-hydroxylation sites is 3. The SMILES string of the molecule is O=C(CN1CCC(Cn2c(COc3ccccc3)nc3ccccc32)CC1)Nc1ccc2c(c1)OCCO2.O=C(O)C(=O)O. The monoisotopic (exact) mass is 602 g/mol. The molecule has 2 aliphatic heterocycles.